The molecule has 1 aliphatic rings. The highest BCUT2D eigenvalue weighted by molar-refractivity contribution is 6.32. The molecule has 3 rings (SSSR count). The molecule has 8 nitrogen and oxygen atoms in total. The zero-order valence-corrected chi connectivity index (χ0v) is 13.2. The number of pyridine rings is 1. The Hall–Kier alpha value is -2.19. The number of carbonyl (C=O) groups excluding carboxylic acids is 1. The van der Waals surface area contributed by atoms with Crippen LogP contribution in [0.25, 0.3) is 0 Å². The van der Waals surface area contributed by atoms with E-state index in [1.165, 1.54) is 12.3 Å². The Balaban J connectivity index is 1.60. The highest BCUT2D eigenvalue weighted by atomic mass is 35.5. The number of hydrogen-bond acceptors (Lipinski definition) is 7. The van der Waals surface area contributed by atoms with Crippen molar-refractivity contribution in [2.45, 2.75) is 26.0 Å². The van der Waals surface area contributed by atoms with Crippen LogP contribution in [0.5, 0.6) is 5.88 Å². The average molecular weight is 339 g/mol. The first-order valence-electron chi connectivity index (χ1n) is 7.09. The van der Waals surface area contributed by atoms with Crippen LogP contribution in [0.1, 0.15) is 28.5 Å². The van der Waals surface area contributed by atoms with Gasteiger partial charge in [0.1, 0.15) is 11.1 Å². The van der Waals surface area contributed by atoms with Gasteiger partial charge in [0.15, 0.2) is 5.82 Å². The molecule has 23 heavy (non-hydrogen) atoms. The number of rotatable bonds is 5. The molecule has 9 heteroatoms. The maximum Gasteiger partial charge on any atom is 0.253 e. The van der Waals surface area contributed by atoms with Crippen molar-refractivity contribution in [1.82, 2.24) is 20.4 Å². The first-order chi connectivity index (χ1) is 11.1. The number of hydrogen-bond donors (Lipinski definition) is 1. The zero-order chi connectivity index (χ0) is 16.2. The molecular weight excluding hydrogens is 324 g/mol. The predicted octanol–water partition coefficient (Wildman–Crippen LogP) is 1.52. The summed E-state index contributed by atoms with van der Waals surface area (Å²) in [5.74, 6) is 0.796. The molecule has 0 bridgehead atoms. The van der Waals surface area contributed by atoms with Gasteiger partial charge in [-0.05, 0) is 13.0 Å². The topological polar surface area (TPSA) is 99.4 Å². The van der Waals surface area contributed by atoms with E-state index in [4.69, 9.17) is 25.6 Å². The van der Waals surface area contributed by atoms with Crippen LogP contribution in [0.2, 0.25) is 5.02 Å². The summed E-state index contributed by atoms with van der Waals surface area (Å²) in [6.45, 7) is 3.02. The summed E-state index contributed by atoms with van der Waals surface area (Å²) in [7, 11) is 0. The lowest BCUT2D eigenvalue weighted by molar-refractivity contribution is 0.0945. The van der Waals surface area contributed by atoms with Gasteiger partial charge in [0.25, 0.3) is 5.91 Å². The first-order valence-corrected chi connectivity index (χ1v) is 7.47. The number of amides is 1. The SMILES string of the molecule is Cc1noc(CNC(=O)c2cnc(O[C@H]3CCOC3)c(Cl)c2)n1. The van der Waals surface area contributed by atoms with Crippen molar-refractivity contribution < 1.29 is 18.8 Å². The third-order valence-corrected chi connectivity index (χ3v) is 3.48. The molecule has 1 atom stereocenters. The van der Waals surface area contributed by atoms with E-state index >= 15 is 0 Å². The molecule has 0 aliphatic carbocycles. The molecule has 2 aromatic rings. The molecular formula is C14H15ClN4O4. The number of carbonyl (C=O) groups is 1. The average Bonchev–Trinajstić information content (AvgIpc) is 3.18. The second kappa shape index (κ2) is 6.93. The maximum absolute atomic E-state index is 12.1. The molecule has 0 saturated carbocycles. The van der Waals surface area contributed by atoms with Gasteiger partial charge in [-0.1, -0.05) is 16.8 Å². The molecule has 1 N–H and O–H groups in total. The van der Waals surface area contributed by atoms with Crippen LogP contribution in [0.4, 0.5) is 0 Å². The fourth-order valence-corrected chi connectivity index (χ4v) is 2.28. The monoisotopic (exact) mass is 338 g/mol. The molecule has 0 radical (unpaired) electrons. The molecule has 0 spiro atoms. The standard InChI is InChI=1S/C14H15ClN4O4/c1-8-18-12(23-19-8)6-16-13(20)9-4-11(15)14(17-5-9)22-10-2-3-21-7-10/h4-5,10H,2-3,6-7H2,1H3,(H,16,20)/t10-/m0/s1. The van der Waals surface area contributed by atoms with Gasteiger partial charge in [0.05, 0.1) is 25.3 Å². The van der Waals surface area contributed by atoms with E-state index in [9.17, 15) is 4.79 Å². The lowest BCUT2D eigenvalue weighted by atomic mass is 10.2. The van der Waals surface area contributed by atoms with Crippen LogP contribution in [0.3, 0.4) is 0 Å². The van der Waals surface area contributed by atoms with Gasteiger partial charge in [-0.2, -0.15) is 4.98 Å². The number of halogens is 1. The predicted molar refractivity (Wildman–Crippen MR) is 79.3 cm³/mol. The third kappa shape index (κ3) is 3.96. The van der Waals surface area contributed by atoms with Gasteiger partial charge >= 0.3 is 0 Å². The number of aromatic nitrogens is 3. The summed E-state index contributed by atoms with van der Waals surface area (Å²) in [6, 6.07) is 1.51. The van der Waals surface area contributed by atoms with Crippen LogP contribution in [0.15, 0.2) is 16.8 Å². The summed E-state index contributed by atoms with van der Waals surface area (Å²) in [4.78, 5) is 20.2. The Labute approximate surface area is 137 Å². The highest BCUT2D eigenvalue weighted by Crippen LogP contribution is 2.25. The second-order valence-electron chi connectivity index (χ2n) is 5.03. The van der Waals surface area contributed by atoms with E-state index in [-0.39, 0.29) is 23.6 Å². The summed E-state index contributed by atoms with van der Waals surface area (Å²) in [5, 5.41) is 6.57. The molecule has 1 amide bonds. The van der Waals surface area contributed by atoms with Gasteiger partial charge in [-0.3, -0.25) is 4.79 Å². The summed E-state index contributed by atoms with van der Waals surface area (Å²) in [5.41, 5.74) is 0.321. The largest absolute Gasteiger partial charge is 0.471 e. The van der Waals surface area contributed by atoms with E-state index in [1.54, 1.807) is 6.92 Å². The Morgan fingerprint density at radius 3 is 3.09 bits per heavy atom. The quantitative estimate of drug-likeness (QED) is 0.882. The van der Waals surface area contributed by atoms with Crippen LogP contribution in [0, 0.1) is 6.92 Å². The molecule has 122 valence electrons. The number of nitrogens with one attached hydrogen (secondary N) is 1. The van der Waals surface area contributed by atoms with E-state index < -0.39 is 0 Å². The number of ether oxygens (including phenoxy) is 2. The van der Waals surface area contributed by atoms with Crippen molar-refractivity contribution in [2.75, 3.05) is 13.2 Å². The van der Waals surface area contributed by atoms with Crippen molar-refractivity contribution in [3.05, 3.63) is 34.6 Å². The van der Waals surface area contributed by atoms with Crippen molar-refractivity contribution in [1.29, 1.82) is 0 Å². The normalized spacial score (nSPS) is 17.2. The first kappa shape index (κ1) is 15.7. The molecule has 1 aliphatic heterocycles. The van der Waals surface area contributed by atoms with Gasteiger partial charge in [0.2, 0.25) is 11.8 Å². The Morgan fingerprint density at radius 1 is 1.57 bits per heavy atom. The second-order valence-corrected chi connectivity index (χ2v) is 5.44. The number of nitrogens with zero attached hydrogens (tertiary/aromatic N) is 3. The minimum absolute atomic E-state index is 0.0551. The number of aryl methyl sites for hydroxylation is 1. The van der Waals surface area contributed by atoms with Gasteiger partial charge in [-0.25, -0.2) is 4.98 Å². The third-order valence-electron chi connectivity index (χ3n) is 3.21. The minimum atomic E-state index is -0.342. The molecule has 1 fully saturated rings. The van der Waals surface area contributed by atoms with Crippen LogP contribution in [-0.2, 0) is 11.3 Å². The van der Waals surface area contributed by atoms with E-state index in [0.717, 1.165) is 6.42 Å². The van der Waals surface area contributed by atoms with Crippen molar-refractivity contribution in [2.24, 2.45) is 0 Å². The lowest BCUT2D eigenvalue weighted by Gasteiger charge is -2.12. The van der Waals surface area contributed by atoms with E-state index in [1.807, 2.05) is 0 Å². The van der Waals surface area contributed by atoms with Crippen LogP contribution in [-0.4, -0.2) is 40.3 Å². The van der Waals surface area contributed by atoms with Crippen molar-refractivity contribution >= 4 is 17.5 Å². The fraction of sp³-hybridized carbons (Fsp3) is 0.429. The Morgan fingerprint density at radius 2 is 2.43 bits per heavy atom. The van der Waals surface area contributed by atoms with Gasteiger partial charge in [0, 0.05) is 12.6 Å². The van der Waals surface area contributed by atoms with Crippen molar-refractivity contribution in [3.63, 3.8) is 0 Å². The van der Waals surface area contributed by atoms with Crippen LogP contribution >= 0.6 is 11.6 Å². The zero-order valence-electron chi connectivity index (χ0n) is 12.4. The summed E-state index contributed by atoms with van der Waals surface area (Å²) >= 11 is 6.12. The van der Waals surface area contributed by atoms with Crippen molar-refractivity contribution in [3.8, 4) is 5.88 Å². The van der Waals surface area contributed by atoms with E-state index in [2.05, 4.69) is 20.4 Å². The molecule has 2 aromatic heterocycles. The summed E-state index contributed by atoms with van der Waals surface area (Å²) < 4.78 is 15.8. The molecule has 3 heterocycles. The Kier molecular flexibility index (Phi) is 4.73. The van der Waals surface area contributed by atoms with E-state index in [0.29, 0.717) is 36.4 Å². The molecule has 0 unspecified atom stereocenters. The van der Waals surface area contributed by atoms with Crippen LogP contribution < -0.4 is 10.1 Å². The smallest absolute Gasteiger partial charge is 0.253 e. The lowest BCUT2D eigenvalue weighted by Crippen LogP contribution is -2.23. The Bertz CT molecular complexity index is 700. The van der Waals surface area contributed by atoms with Gasteiger partial charge in [-0.15, -0.1) is 0 Å². The molecule has 0 aromatic carbocycles. The summed E-state index contributed by atoms with van der Waals surface area (Å²) in [6.07, 6.45) is 2.15. The molecule has 1 saturated heterocycles. The fourth-order valence-electron chi connectivity index (χ4n) is 2.07. The highest BCUT2D eigenvalue weighted by Gasteiger charge is 2.20. The van der Waals surface area contributed by atoms with Gasteiger partial charge < -0.3 is 19.3 Å². The maximum atomic E-state index is 12.1. The minimum Gasteiger partial charge on any atom is -0.471 e.